The van der Waals surface area contributed by atoms with Crippen molar-refractivity contribution in [2.75, 3.05) is 0 Å². The molecule has 0 aliphatic heterocycles. The molecule has 13 heavy (non-hydrogen) atoms. The average Bonchev–Trinajstić information content (AvgIpc) is 2.32. The molecule has 0 saturated heterocycles. The molecule has 78 valence electrons. The van der Waals surface area contributed by atoms with E-state index in [1.807, 2.05) is 6.92 Å². The summed E-state index contributed by atoms with van der Waals surface area (Å²) in [5.41, 5.74) is -0.745. The zero-order valence-corrected chi connectivity index (χ0v) is 10.7. The molecule has 0 spiro atoms. The van der Waals surface area contributed by atoms with Crippen LogP contribution in [0.25, 0.3) is 0 Å². The fourth-order valence-corrected chi connectivity index (χ4v) is 3.86. The molecule has 3 atom stereocenters. The minimum atomic E-state index is -4.12. The summed E-state index contributed by atoms with van der Waals surface area (Å²) in [5.74, 6) is -1.31. The Hall–Kier alpha value is 0.750. The summed E-state index contributed by atoms with van der Waals surface area (Å²) in [4.78, 5) is 0. The lowest BCUT2D eigenvalue weighted by Crippen LogP contribution is -2.30. The Bertz CT molecular complexity index is 224. The third-order valence-electron chi connectivity index (χ3n) is 3.47. The highest BCUT2D eigenvalue weighted by Crippen LogP contribution is 2.75. The minimum absolute atomic E-state index is 0.0170. The van der Waals surface area contributed by atoms with E-state index >= 15 is 0 Å². The molecule has 0 bridgehead atoms. The van der Waals surface area contributed by atoms with Gasteiger partial charge in [0.05, 0.1) is 9.15 Å². The molecule has 0 aromatic carbocycles. The van der Waals surface area contributed by atoms with Crippen molar-refractivity contribution in [3.63, 3.8) is 0 Å². The third kappa shape index (κ3) is 1.46. The van der Waals surface area contributed by atoms with E-state index in [-0.39, 0.29) is 5.92 Å². The van der Waals surface area contributed by atoms with Gasteiger partial charge in [0.2, 0.25) is 0 Å². The second kappa shape index (κ2) is 2.87. The van der Waals surface area contributed by atoms with Crippen molar-refractivity contribution >= 4 is 31.9 Å². The molecule has 0 heterocycles. The Morgan fingerprint density at radius 1 is 1.31 bits per heavy atom. The predicted molar refractivity (Wildman–Crippen MR) is 53.1 cm³/mol. The maximum Gasteiger partial charge on any atom is 0.392 e. The summed E-state index contributed by atoms with van der Waals surface area (Å²) < 4.78 is 36.8. The van der Waals surface area contributed by atoms with Crippen LogP contribution in [0.15, 0.2) is 0 Å². The summed E-state index contributed by atoms with van der Waals surface area (Å²) >= 11 is 6.57. The molecular weight excluding hydrogens is 313 g/mol. The van der Waals surface area contributed by atoms with E-state index in [0.29, 0.717) is 0 Å². The van der Waals surface area contributed by atoms with Crippen LogP contribution >= 0.6 is 31.9 Å². The van der Waals surface area contributed by atoms with E-state index in [0.717, 1.165) is 0 Å². The van der Waals surface area contributed by atoms with Crippen LogP contribution in [0.3, 0.4) is 0 Å². The first-order valence-corrected chi connectivity index (χ1v) is 5.59. The molecule has 3 unspecified atom stereocenters. The molecule has 0 radical (unpaired) electrons. The Morgan fingerprint density at radius 2 is 1.62 bits per heavy atom. The van der Waals surface area contributed by atoms with E-state index in [4.69, 9.17) is 0 Å². The molecule has 1 aliphatic rings. The maximum atomic E-state index is 12.5. The van der Waals surface area contributed by atoms with Gasteiger partial charge in [-0.2, -0.15) is 13.2 Å². The van der Waals surface area contributed by atoms with E-state index < -0.39 is 20.7 Å². The fraction of sp³-hybridized carbons (Fsp3) is 1.00. The molecule has 0 aromatic heterocycles. The van der Waals surface area contributed by atoms with Crippen LogP contribution in [0, 0.1) is 17.3 Å². The summed E-state index contributed by atoms with van der Waals surface area (Å²) in [7, 11) is 0. The van der Waals surface area contributed by atoms with Crippen LogP contribution in [0.1, 0.15) is 20.8 Å². The van der Waals surface area contributed by atoms with Gasteiger partial charge in [-0.1, -0.05) is 52.6 Å². The summed E-state index contributed by atoms with van der Waals surface area (Å²) in [6.07, 6.45) is -4.12. The zero-order valence-electron chi connectivity index (χ0n) is 7.54. The quantitative estimate of drug-likeness (QED) is 0.630. The lowest BCUT2D eigenvalue weighted by molar-refractivity contribution is -0.187. The van der Waals surface area contributed by atoms with Crippen molar-refractivity contribution in [3.05, 3.63) is 0 Å². The highest BCUT2D eigenvalue weighted by atomic mass is 79.9. The highest BCUT2D eigenvalue weighted by molar-refractivity contribution is 9.25. The zero-order chi connectivity index (χ0) is 10.7. The Kier molecular flexibility index (Phi) is 2.61. The standard InChI is InChI=1S/C8H11Br2F3/c1-4-6(3,7(4,9)10)5(2)8(11,12)13/h4-5H,1-3H3. The lowest BCUT2D eigenvalue weighted by Gasteiger charge is -2.24. The fourth-order valence-electron chi connectivity index (χ4n) is 1.76. The van der Waals surface area contributed by atoms with Gasteiger partial charge in [0.15, 0.2) is 0 Å². The van der Waals surface area contributed by atoms with Crippen LogP contribution in [-0.4, -0.2) is 9.41 Å². The summed E-state index contributed by atoms with van der Waals surface area (Å²) in [5, 5.41) is 0. The number of hydrogen-bond acceptors (Lipinski definition) is 0. The van der Waals surface area contributed by atoms with Crippen molar-refractivity contribution in [2.24, 2.45) is 17.3 Å². The van der Waals surface area contributed by atoms with Gasteiger partial charge in [0.1, 0.15) is 0 Å². The van der Waals surface area contributed by atoms with Crippen LogP contribution in [-0.2, 0) is 0 Å². The molecule has 0 aromatic rings. The van der Waals surface area contributed by atoms with Crippen LogP contribution in [0.4, 0.5) is 13.2 Å². The molecule has 0 N–H and O–H groups in total. The van der Waals surface area contributed by atoms with Crippen molar-refractivity contribution in [1.82, 2.24) is 0 Å². The third-order valence-corrected chi connectivity index (χ3v) is 6.55. The minimum Gasteiger partial charge on any atom is -0.171 e. The van der Waals surface area contributed by atoms with E-state index in [1.54, 1.807) is 6.92 Å². The van der Waals surface area contributed by atoms with Gasteiger partial charge in [-0.25, -0.2) is 0 Å². The Balaban J connectivity index is 2.87. The van der Waals surface area contributed by atoms with Gasteiger partial charge in [0, 0.05) is 5.41 Å². The first-order valence-electron chi connectivity index (χ1n) is 4.00. The van der Waals surface area contributed by atoms with Crippen LogP contribution < -0.4 is 0 Å². The second-order valence-electron chi connectivity index (χ2n) is 3.89. The molecule has 5 heteroatoms. The topological polar surface area (TPSA) is 0 Å². The first-order chi connectivity index (χ1) is 5.56. The molecule has 1 fully saturated rings. The molecule has 0 amide bonds. The van der Waals surface area contributed by atoms with Gasteiger partial charge in [0.25, 0.3) is 0 Å². The molecular formula is C8H11Br2F3. The normalized spacial score (nSPS) is 40.2. The lowest BCUT2D eigenvalue weighted by atomic mass is 9.90. The first kappa shape index (κ1) is 11.8. The largest absolute Gasteiger partial charge is 0.392 e. The molecule has 1 saturated carbocycles. The summed E-state index contributed by atoms with van der Waals surface area (Å²) in [6, 6.07) is 0. The van der Waals surface area contributed by atoms with Gasteiger partial charge >= 0.3 is 6.18 Å². The van der Waals surface area contributed by atoms with Gasteiger partial charge in [-0.3, -0.25) is 0 Å². The maximum absolute atomic E-state index is 12.5. The molecule has 1 aliphatic carbocycles. The van der Waals surface area contributed by atoms with Gasteiger partial charge in [-0.05, 0) is 5.92 Å². The Morgan fingerprint density at radius 3 is 1.69 bits per heavy atom. The van der Waals surface area contributed by atoms with Crippen LogP contribution in [0.5, 0.6) is 0 Å². The van der Waals surface area contributed by atoms with Crippen molar-refractivity contribution < 1.29 is 13.2 Å². The summed E-state index contributed by atoms with van der Waals surface area (Å²) in [6.45, 7) is 4.70. The number of halogens is 5. The van der Waals surface area contributed by atoms with Crippen molar-refractivity contribution in [2.45, 2.75) is 30.2 Å². The number of rotatable bonds is 1. The Labute approximate surface area is 92.5 Å². The van der Waals surface area contributed by atoms with Gasteiger partial charge < -0.3 is 0 Å². The van der Waals surface area contributed by atoms with Crippen molar-refractivity contribution in [3.8, 4) is 0 Å². The second-order valence-corrected chi connectivity index (χ2v) is 7.46. The van der Waals surface area contributed by atoms with E-state index in [2.05, 4.69) is 31.9 Å². The molecule has 1 rings (SSSR count). The SMILES string of the molecule is CC(C(F)(F)F)C1(C)C(C)C1(Br)Br. The van der Waals surface area contributed by atoms with E-state index in [1.165, 1.54) is 6.92 Å². The monoisotopic (exact) mass is 322 g/mol. The van der Waals surface area contributed by atoms with Crippen molar-refractivity contribution in [1.29, 1.82) is 0 Å². The number of hydrogen-bond donors (Lipinski definition) is 0. The molecule has 0 nitrogen and oxygen atoms in total. The van der Waals surface area contributed by atoms with Gasteiger partial charge in [-0.15, -0.1) is 0 Å². The average molecular weight is 324 g/mol. The van der Waals surface area contributed by atoms with Crippen LogP contribution in [0.2, 0.25) is 0 Å². The predicted octanol–water partition coefficient (Wildman–Crippen LogP) is 4.33. The smallest absolute Gasteiger partial charge is 0.171 e. The highest BCUT2D eigenvalue weighted by Gasteiger charge is 2.75. The van der Waals surface area contributed by atoms with E-state index in [9.17, 15) is 13.2 Å². The number of alkyl halides is 5.